The standard InChI is InChI=1S/C33H39N3O/c1-23-21-36(22-24(2)34-23)33(25-10-4-3-5-11-25)26-16-18-35(19-17-26)32(37)20-31-29-14-8-6-12-27(29)28-13-7-9-15-30(28)31/h3-15,23-24,26,31,33-34H,16-22H2,1-2H3. The van der Waals surface area contributed by atoms with Crippen LogP contribution in [0.25, 0.3) is 11.1 Å². The van der Waals surface area contributed by atoms with Crippen molar-refractivity contribution in [1.82, 2.24) is 15.1 Å². The van der Waals surface area contributed by atoms with E-state index in [2.05, 4.69) is 108 Å². The lowest BCUT2D eigenvalue weighted by Crippen LogP contribution is -2.56. The van der Waals surface area contributed by atoms with Gasteiger partial charge in [-0.2, -0.15) is 0 Å². The van der Waals surface area contributed by atoms with E-state index in [1.165, 1.54) is 27.8 Å². The van der Waals surface area contributed by atoms with Crippen LogP contribution >= 0.6 is 0 Å². The van der Waals surface area contributed by atoms with Gasteiger partial charge in [0.25, 0.3) is 0 Å². The van der Waals surface area contributed by atoms with Crippen molar-refractivity contribution in [2.75, 3.05) is 26.2 Å². The fourth-order valence-corrected chi connectivity index (χ4v) is 7.28. The summed E-state index contributed by atoms with van der Waals surface area (Å²) in [7, 11) is 0. The van der Waals surface area contributed by atoms with Crippen molar-refractivity contribution in [2.45, 2.75) is 57.2 Å². The number of hydrogen-bond acceptors (Lipinski definition) is 3. The second-order valence-corrected chi connectivity index (χ2v) is 11.4. The smallest absolute Gasteiger partial charge is 0.223 e. The molecule has 0 aromatic heterocycles. The lowest BCUT2D eigenvalue weighted by molar-refractivity contribution is -0.133. The molecule has 4 heteroatoms. The van der Waals surface area contributed by atoms with E-state index in [1.54, 1.807) is 0 Å². The fourth-order valence-electron chi connectivity index (χ4n) is 7.28. The molecule has 37 heavy (non-hydrogen) atoms. The first-order valence-electron chi connectivity index (χ1n) is 14.1. The molecule has 3 aromatic rings. The van der Waals surface area contributed by atoms with E-state index in [0.717, 1.165) is 39.0 Å². The third-order valence-corrected chi connectivity index (χ3v) is 8.80. The van der Waals surface area contributed by atoms with Crippen LogP contribution in [0.2, 0.25) is 0 Å². The van der Waals surface area contributed by atoms with Crippen molar-refractivity contribution in [2.24, 2.45) is 5.92 Å². The number of carbonyl (C=O) groups excluding carboxylic acids is 1. The first-order chi connectivity index (χ1) is 18.1. The fraction of sp³-hybridized carbons (Fsp3) is 0.424. The number of rotatable bonds is 5. The van der Waals surface area contributed by atoms with Gasteiger partial charge in [0.2, 0.25) is 5.91 Å². The van der Waals surface area contributed by atoms with Crippen LogP contribution in [0.1, 0.15) is 61.8 Å². The summed E-state index contributed by atoms with van der Waals surface area (Å²) in [5.74, 6) is 1.03. The number of piperidine rings is 1. The maximum Gasteiger partial charge on any atom is 0.223 e. The van der Waals surface area contributed by atoms with Crippen LogP contribution in [0.3, 0.4) is 0 Å². The lowest BCUT2D eigenvalue weighted by atomic mass is 9.83. The van der Waals surface area contributed by atoms with Crippen LogP contribution in [-0.4, -0.2) is 54.0 Å². The van der Waals surface area contributed by atoms with Gasteiger partial charge in [-0.3, -0.25) is 9.69 Å². The first-order valence-corrected chi connectivity index (χ1v) is 14.1. The second kappa shape index (κ2) is 10.4. The summed E-state index contributed by atoms with van der Waals surface area (Å²) >= 11 is 0. The number of nitrogens with one attached hydrogen (secondary N) is 1. The number of fused-ring (bicyclic) bond motifs is 3. The van der Waals surface area contributed by atoms with Crippen molar-refractivity contribution < 1.29 is 4.79 Å². The molecule has 3 aliphatic rings. The van der Waals surface area contributed by atoms with Gasteiger partial charge >= 0.3 is 0 Å². The molecule has 4 nitrogen and oxygen atoms in total. The SMILES string of the molecule is CC1CN(C(c2ccccc2)C2CCN(C(=O)CC3c4ccccc4-c4ccccc43)CC2)CC(C)N1. The Morgan fingerprint density at radius 2 is 1.35 bits per heavy atom. The molecule has 2 heterocycles. The summed E-state index contributed by atoms with van der Waals surface area (Å²) < 4.78 is 0. The number of benzene rings is 3. The van der Waals surface area contributed by atoms with E-state index in [4.69, 9.17) is 0 Å². The Morgan fingerprint density at radius 1 is 0.811 bits per heavy atom. The highest BCUT2D eigenvalue weighted by atomic mass is 16.2. The van der Waals surface area contributed by atoms with Crippen LogP contribution in [0.5, 0.6) is 0 Å². The normalized spacial score (nSPS) is 23.5. The molecule has 3 unspecified atom stereocenters. The van der Waals surface area contributed by atoms with Crippen molar-refractivity contribution >= 4 is 5.91 Å². The summed E-state index contributed by atoms with van der Waals surface area (Å²) in [6.07, 6.45) is 2.69. The summed E-state index contributed by atoms with van der Waals surface area (Å²) in [5.41, 5.74) is 6.61. The molecule has 2 aliphatic heterocycles. The van der Waals surface area contributed by atoms with Crippen LogP contribution < -0.4 is 5.32 Å². The van der Waals surface area contributed by atoms with Gasteiger partial charge in [0.05, 0.1) is 0 Å². The third-order valence-electron chi connectivity index (χ3n) is 8.80. The maximum atomic E-state index is 13.6. The van der Waals surface area contributed by atoms with E-state index in [1.807, 2.05) is 0 Å². The molecule has 0 radical (unpaired) electrons. The van der Waals surface area contributed by atoms with Crippen LogP contribution in [-0.2, 0) is 4.79 Å². The van der Waals surface area contributed by atoms with Gasteiger partial charge in [-0.1, -0.05) is 78.9 Å². The minimum Gasteiger partial charge on any atom is -0.343 e. The van der Waals surface area contributed by atoms with Gasteiger partial charge in [-0.15, -0.1) is 0 Å². The molecule has 1 aliphatic carbocycles. The highest BCUT2D eigenvalue weighted by molar-refractivity contribution is 5.84. The highest BCUT2D eigenvalue weighted by Crippen LogP contribution is 2.46. The number of hydrogen-bond donors (Lipinski definition) is 1. The molecule has 3 aromatic carbocycles. The monoisotopic (exact) mass is 493 g/mol. The van der Waals surface area contributed by atoms with Crippen molar-refractivity contribution in [3.63, 3.8) is 0 Å². The summed E-state index contributed by atoms with van der Waals surface area (Å²) in [6.45, 7) is 8.46. The summed E-state index contributed by atoms with van der Waals surface area (Å²) in [4.78, 5) is 18.5. The van der Waals surface area contributed by atoms with Crippen molar-refractivity contribution in [1.29, 1.82) is 0 Å². The third kappa shape index (κ3) is 4.85. The molecular weight excluding hydrogens is 454 g/mol. The lowest BCUT2D eigenvalue weighted by Gasteiger charge is -2.46. The predicted molar refractivity (Wildman–Crippen MR) is 150 cm³/mol. The molecule has 192 valence electrons. The topological polar surface area (TPSA) is 35.6 Å². The molecule has 3 atom stereocenters. The number of likely N-dealkylation sites (tertiary alicyclic amines) is 1. The molecule has 1 N–H and O–H groups in total. The zero-order valence-corrected chi connectivity index (χ0v) is 22.1. The number of carbonyl (C=O) groups is 1. The van der Waals surface area contributed by atoms with E-state index < -0.39 is 0 Å². The molecule has 2 saturated heterocycles. The van der Waals surface area contributed by atoms with Gasteiger partial charge < -0.3 is 10.2 Å². The van der Waals surface area contributed by atoms with Gasteiger partial charge in [0.15, 0.2) is 0 Å². The Kier molecular flexibility index (Phi) is 6.88. The molecule has 0 spiro atoms. The number of piperazine rings is 1. The predicted octanol–water partition coefficient (Wildman–Crippen LogP) is 5.85. The molecule has 6 rings (SSSR count). The Labute approximate surface area is 221 Å². The maximum absolute atomic E-state index is 13.6. The Morgan fingerprint density at radius 3 is 1.95 bits per heavy atom. The number of nitrogens with zero attached hydrogens (tertiary/aromatic N) is 2. The van der Waals surface area contributed by atoms with Gasteiger partial charge in [-0.05, 0) is 60.4 Å². The minimum absolute atomic E-state index is 0.165. The molecule has 2 fully saturated rings. The largest absolute Gasteiger partial charge is 0.343 e. The van der Waals surface area contributed by atoms with E-state index >= 15 is 0 Å². The van der Waals surface area contributed by atoms with E-state index in [-0.39, 0.29) is 5.92 Å². The van der Waals surface area contributed by atoms with Gasteiger partial charge in [0.1, 0.15) is 0 Å². The highest BCUT2D eigenvalue weighted by Gasteiger charge is 2.37. The Hall–Kier alpha value is -2.95. The van der Waals surface area contributed by atoms with Crippen LogP contribution in [0.15, 0.2) is 78.9 Å². The average Bonchev–Trinajstić information content (AvgIpc) is 3.23. The Balaban J connectivity index is 1.16. The average molecular weight is 494 g/mol. The molecule has 0 bridgehead atoms. The molecular formula is C33H39N3O. The molecule has 0 saturated carbocycles. The van der Waals surface area contributed by atoms with Gasteiger partial charge in [0, 0.05) is 56.6 Å². The van der Waals surface area contributed by atoms with Crippen LogP contribution in [0, 0.1) is 5.92 Å². The minimum atomic E-state index is 0.165. The zero-order valence-electron chi connectivity index (χ0n) is 22.1. The van der Waals surface area contributed by atoms with E-state index in [0.29, 0.717) is 36.4 Å². The summed E-state index contributed by atoms with van der Waals surface area (Å²) in [6, 6.07) is 29.7. The Bertz CT molecular complexity index is 1180. The quantitative estimate of drug-likeness (QED) is 0.484. The molecule has 1 amide bonds. The number of amides is 1. The second-order valence-electron chi connectivity index (χ2n) is 11.4. The summed E-state index contributed by atoms with van der Waals surface area (Å²) in [5, 5.41) is 3.69. The van der Waals surface area contributed by atoms with Gasteiger partial charge in [-0.25, -0.2) is 0 Å². The van der Waals surface area contributed by atoms with Crippen LogP contribution in [0.4, 0.5) is 0 Å². The van der Waals surface area contributed by atoms with Crippen molar-refractivity contribution in [3.05, 3.63) is 95.6 Å². The first kappa shape index (κ1) is 24.4. The zero-order chi connectivity index (χ0) is 25.4. The van der Waals surface area contributed by atoms with E-state index in [9.17, 15) is 4.79 Å². The van der Waals surface area contributed by atoms with Crippen molar-refractivity contribution in [3.8, 4) is 11.1 Å².